The van der Waals surface area contributed by atoms with E-state index < -0.39 is 0 Å². The lowest BCUT2D eigenvalue weighted by Gasteiger charge is -2.26. The van der Waals surface area contributed by atoms with Gasteiger partial charge in [0.15, 0.2) is 0 Å². The van der Waals surface area contributed by atoms with Crippen LogP contribution in [0.1, 0.15) is 54.4 Å². The van der Waals surface area contributed by atoms with Crippen molar-refractivity contribution in [2.75, 3.05) is 6.54 Å². The van der Waals surface area contributed by atoms with Gasteiger partial charge in [0.05, 0.1) is 0 Å². The molecular weight excluding hydrogens is 186 g/mol. The number of carbonyl (C=O) groups excluding carboxylic acids is 1. The first-order valence-electron chi connectivity index (χ1n) is 6.13. The molecule has 0 heterocycles. The number of hydrogen-bond donors (Lipinski definition) is 0. The maximum Gasteiger partial charge on any atom is 0.219 e. The monoisotopic (exact) mass is 213 g/mol. The van der Waals surface area contributed by atoms with E-state index in [2.05, 4.69) is 34.6 Å². The maximum absolute atomic E-state index is 11.3. The highest BCUT2D eigenvalue weighted by Crippen LogP contribution is 2.16. The molecule has 0 bridgehead atoms. The molecule has 0 aromatic rings. The number of nitrogens with zero attached hydrogens (tertiary/aromatic N) is 1. The Kier molecular flexibility index (Phi) is 6.62. The van der Waals surface area contributed by atoms with E-state index in [0.29, 0.717) is 6.04 Å². The lowest BCUT2D eigenvalue weighted by molar-refractivity contribution is -0.130. The Morgan fingerprint density at radius 2 is 1.67 bits per heavy atom. The van der Waals surface area contributed by atoms with Crippen LogP contribution in [-0.2, 0) is 4.79 Å². The first-order valence-corrected chi connectivity index (χ1v) is 6.13. The van der Waals surface area contributed by atoms with Crippen molar-refractivity contribution in [2.24, 2.45) is 11.8 Å². The van der Waals surface area contributed by atoms with E-state index in [4.69, 9.17) is 0 Å². The van der Waals surface area contributed by atoms with E-state index >= 15 is 0 Å². The topological polar surface area (TPSA) is 20.3 Å². The van der Waals surface area contributed by atoms with Gasteiger partial charge in [-0.1, -0.05) is 20.8 Å². The molecule has 1 amide bonds. The largest absolute Gasteiger partial charge is 0.341 e. The summed E-state index contributed by atoms with van der Waals surface area (Å²) in [5.74, 6) is 1.70. The minimum absolute atomic E-state index is 0.196. The van der Waals surface area contributed by atoms with Crippen molar-refractivity contribution >= 4 is 5.91 Å². The summed E-state index contributed by atoms with van der Waals surface area (Å²) in [6.45, 7) is 13.5. The summed E-state index contributed by atoms with van der Waals surface area (Å²) in [5.41, 5.74) is 0. The molecule has 1 unspecified atom stereocenters. The second-order valence-electron chi connectivity index (χ2n) is 5.17. The Morgan fingerprint density at radius 1 is 1.13 bits per heavy atom. The van der Waals surface area contributed by atoms with E-state index in [0.717, 1.165) is 24.8 Å². The molecule has 0 fully saturated rings. The quantitative estimate of drug-likeness (QED) is 0.663. The molecule has 0 N–H and O–H groups in total. The Labute approximate surface area is 95.0 Å². The Bertz CT molecular complexity index is 187. The second kappa shape index (κ2) is 6.86. The van der Waals surface area contributed by atoms with Gasteiger partial charge in [-0.25, -0.2) is 0 Å². The van der Waals surface area contributed by atoms with Gasteiger partial charge in [0.1, 0.15) is 0 Å². The van der Waals surface area contributed by atoms with Gasteiger partial charge >= 0.3 is 0 Å². The van der Waals surface area contributed by atoms with Crippen LogP contribution in [0.2, 0.25) is 0 Å². The molecule has 15 heavy (non-hydrogen) atoms. The molecule has 0 saturated heterocycles. The fourth-order valence-corrected chi connectivity index (χ4v) is 1.70. The minimum atomic E-state index is 0.196. The third kappa shape index (κ3) is 5.81. The van der Waals surface area contributed by atoms with Crippen molar-refractivity contribution in [1.29, 1.82) is 0 Å². The lowest BCUT2D eigenvalue weighted by Crippen LogP contribution is -2.36. The molecule has 0 saturated carbocycles. The van der Waals surface area contributed by atoms with Crippen molar-refractivity contribution in [2.45, 2.75) is 60.4 Å². The van der Waals surface area contributed by atoms with Gasteiger partial charge in [0.25, 0.3) is 0 Å². The molecule has 0 aromatic carbocycles. The molecule has 2 nitrogen and oxygen atoms in total. The van der Waals surface area contributed by atoms with Crippen molar-refractivity contribution in [3.05, 3.63) is 0 Å². The Hall–Kier alpha value is -0.530. The van der Waals surface area contributed by atoms with Crippen LogP contribution in [0.3, 0.4) is 0 Å². The molecule has 0 aliphatic rings. The van der Waals surface area contributed by atoms with Crippen LogP contribution in [-0.4, -0.2) is 23.4 Å². The molecule has 0 spiro atoms. The zero-order valence-corrected chi connectivity index (χ0v) is 11.2. The molecule has 2 heteroatoms. The predicted octanol–water partition coefficient (Wildman–Crippen LogP) is 3.32. The molecule has 90 valence electrons. The van der Waals surface area contributed by atoms with Crippen LogP contribution in [0.15, 0.2) is 0 Å². The van der Waals surface area contributed by atoms with Crippen molar-refractivity contribution in [1.82, 2.24) is 4.90 Å². The highest BCUT2D eigenvalue weighted by Gasteiger charge is 2.13. The van der Waals surface area contributed by atoms with Gasteiger partial charge in [-0.15, -0.1) is 0 Å². The maximum atomic E-state index is 11.3. The standard InChI is InChI=1S/C13H27NO/c1-10(2)12(5)8-7-9-14(11(3)4)13(6)15/h10-12H,7-9H2,1-6H3. The third-order valence-corrected chi connectivity index (χ3v) is 3.22. The van der Waals surface area contributed by atoms with Gasteiger partial charge in [-0.05, 0) is 38.5 Å². The number of hydrogen-bond acceptors (Lipinski definition) is 1. The van der Waals surface area contributed by atoms with Crippen LogP contribution in [0.4, 0.5) is 0 Å². The summed E-state index contributed by atoms with van der Waals surface area (Å²) < 4.78 is 0. The lowest BCUT2D eigenvalue weighted by atomic mass is 9.93. The highest BCUT2D eigenvalue weighted by molar-refractivity contribution is 5.73. The first kappa shape index (κ1) is 14.5. The summed E-state index contributed by atoms with van der Waals surface area (Å²) >= 11 is 0. The molecule has 0 aromatic heterocycles. The average molecular weight is 213 g/mol. The van der Waals surface area contributed by atoms with Crippen molar-refractivity contribution in [3.63, 3.8) is 0 Å². The summed E-state index contributed by atoms with van der Waals surface area (Å²) in [6.07, 6.45) is 2.34. The highest BCUT2D eigenvalue weighted by atomic mass is 16.2. The van der Waals surface area contributed by atoms with Crippen LogP contribution in [0.25, 0.3) is 0 Å². The minimum Gasteiger partial charge on any atom is -0.341 e. The normalized spacial score (nSPS) is 13.3. The fraction of sp³-hybridized carbons (Fsp3) is 0.923. The molecule has 1 atom stereocenters. The molecule has 0 radical (unpaired) electrons. The second-order valence-corrected chi connectivity index (χ2v) is 5.17. The van der Waals surface area contributed by atoms with E-state index in [1.807, 2.05) is 4.90 Å². The summed E-state index contributed by atoms with van der Waals surface area (Å²) in [7, 11) is 0. The predicted molar refractivity (Wildman–Crippen MR) is 65.8 cm³/mol. The summed E-state index contributed by atoms with van der Waals surface area (Å²) in [4.78, 5) is 13.3. The van der Waals surface area contributed by atoms with Crippen molar-refractivity contribution < 1.29 is 4.79 Å². The van der Waals surface area contributed by atoms with Crippen LogP contribution in [0, 0.1) is 11.8 Å². The van der Waals surface area contributed by atoms with Crippen LogP contribution >= 0.6 is 0 Å². The van der Waals surface area contributed by atoms with E-state index in [1.165, 1.54) is 6.42 Å². The Balaban J connectivity index is 3.87. The van der Waals surface area contributed by atoms with Crippen LogP contribution < -0.4 is 0 Å². The molecule has 0 aliphatic carbocycles. The molecular formula is C13H27NO. The zero-order valence-electron chi connectivity index (χ0n) is 11.2. The Morgan fingerprint density at radius 3 is 2.00 bits per heavy atom. The van der Waals surface area contributed by atoms with E-state index in [9.17, 15) is 4.79 Å². The number of rotatable bonds is 6. The molecule has 0 aliphatic heterocycles. The zero-order chi connectivity index (χ0) is 12.0. The average Bonchev–Trinajstić information content (AvgIpc) is 2.10. The van der Waals surface area contributed by atoms with E-state index in [-0.39, 0.29) is 5.91 Å². The summed E-state index contributed by atoms with van der Waals surface area (Å²) in [5, 5.41) is 0. The van der Waals surface area contributed by atoms with Crippen LogP contribution in [0.5, 0.6) is 0 Å². The number of carbonyl (C=O) groups is 1. The SMILES string of the molecule is CC(=O)N(CCCC(C)C(C)C)C(C)C. The van der Waals surface area contributed by atoms with Gasteiger partial charge in [0, 0.05) is 19.5 Å². The fourth-order valence-electron chi connectivity index (χ4n) is 1.70. The number of amides is 1. The van der Waals surface area contributed by atoms with E-state index in [1.54, 1.807) is 6.92 Å². The third-order valence-electron chi connectivity index (χ3n) is 3.22. The van der Waals surface area contributed by atoms with Gasteiger partial charge in [0.2, 0.25) is 5.91 Å². The summed E-state index contributed by atoms with van der Waals surface area (Å²) in [6, 6.07) is 0.330. The van der Waals surface area contributed by atoms with Gasteiger partial charge in [-0.2, -0.15) is 0 Å². The van der Waals surface area contributed by atoms with Gasteiger partial charge in [-0.3, -0.25) is 4.79 Å². The first-order chi connectivity index (χ1) is 6.86. The molecule has 0 rings (SSSR count). The smallest absolute Gasteiger partial charge is 0.219 e. The van der Waals surface area contributed by atoms with Gasteiger partial charge < -0.3 is 4.90 Å². The van der Waals surface area contributed by atoms with Crippen molar-refractivity contribution in [3.8, 4) is 0 Å².